The average molecular weight is 491 g/mol. The smallest absolute Gasteiger partial charge is 0.257 e. The molecular weight excluding hydrogens is 460 g/mol. The zero-order valence-electron chi connectivity index (χ0n) is 19.5. The third kappa shape index (κ3) is 6.08. The first kappa shape index (κ1) is 24.5. The van der Waals surface area contributed by atoms with E-state index >= 15 is 0 Å². The minimum Gasteiger partial charge on any atom is -0.490 e. The summed E-state index contributed by atoms with van der Waals surface area (Å²) in [5.41, 5.74) is -0.454. The maximum atomic E-state index is 13.3. The number of hydrogen-bond donors (Lipinski definition) is 0. The molecule has 0 unspecified atom stereocenters. The highest BCUT2D eigenvalue weighted by Crippen LogP contribution is 2.27. The molecule has 0 saturated carbocycles. The predicted octanol–water partition coefficient (Wildman–Crippen LogP) is 2.49. The Balaban J connectivity index is 1.51. The lowest BCUT2D eigenvalue weighted by molar-refractivity contribution is -0.155. The zero-order valence-corrected chi connectivity index (χ0v) is 20.2. The van der Waals surface area contributed by atoms with E-state index in [-0.39, 0.29) is 31.4 Å². The van der Waals surface area contributed by atoms with Gasteiger partial charge in [0.15, 0.2) is 0 Å². The Morgan fingerprint density at radius 1 is 1.18 bits per heavy atom. The van der Waals surface area contributed by atoms with Gasteiger partial charge in [-0.15, -0.1) is 0 Å². The van der Waals surface area contributed by atoms with Gasteiger partial charge in [-0.25, -0.2) is 0 Å². The average Bonchev–Trinajstić information content (AvgIpc) is 3.32. The summed E-state index contributed by atoms with van der Waals surface area (Å²) in [6.45, 7) is 6.03. The number of nitrogens with zero attached hydrogens (tertiary/aromatic N) is 4. The van der Waals surface area contributed by atoms with Crippen molar-refractivity contribution in [2.75, 3.05) is 52.6 Å². The maximum absolute atomic E-state index is 13.3. The third-order valence-corrected chi connectivity index (χ3v) is 6.24. The van der Waals surface area contributed by atoms with E-state index in [0.29, 0.717) is 55.8 Å². The first-order valence-electron chi connectivity index (χ1n) is 11.7. The van der Waals surface area contributed by atoms with Gasteiger partial charge in [-0.05, 0) is 24.6 Å². The van der Waals surface area contributed by atoms with Crippen molar-refractivity contribution in [1.29, 1.82) is 0 Å². The number of carbonyl (C=O) groups is 2. The molecule has 9 nitrogen and oxygen atoms in total. The first-order chi connectivity index (χ1) is 16.5. The Labute approximate surface area is 204 Å². The van der Waals surface area contributed by atoms with Crippen LogP contribution in [0.25, 0.3) is 0 Å². The second kappa shape index (κ2) is 11.2. The van der Waals surface area contributed by atoms with Gasteiger partial charge in [0.1, 0.15) is 18.0 Å². The molecule has 0 spiro atoms. The molecule has 0 radical (unpaired) electrons. The SMILES string of the molecule is CCCn1cc(C(=O)N2CCO[C@](COc3cccc(Cl)c3)(CC(=O)N3CCOCC3)C2)cn1. The molecule has 2 amide bonds. The molecule has 4 rings (SSSR count). The lowest BCUT2D eigenvalue weighted by atomic mass is 9.96. The van der Waals surface area contributed by atoms with Gasteiger partial charge >= 0.3 is 0 Å². The quantitative estimate of drug-likeness (QED) is 0.565. The predicted molar refractivity (Wildman–Crippen MR) is 126 cm³/mol. The molecule has 34 heavy (non-hydrogen) atoms. The fourth-order valence-electron chi connectivity index (χ4n) is 4.24. The molecule has 2 aliphatic rings. The summed E-state index contributed by atoms with van der Waals surface area (Å²) in [5.74, 6) is 0.415. The van der Waals surface area contributed by atoms with Crippen molar-refractivity contribution >= 4 is 23.4 Å². The van der Waals surface area contributed by atoms with E-state index in [9.17, 15) is 9.59 Å². The lowest BCUT2D eigenvalue weighted by Crippen LogP contribution is -2.58. The number of amides is 2. The summed E-state index contributed by atoms with van der Waals surface area (Å²) >= 11 is 6.10. The van der Waals surface area contributed by atoms with Crippen LogP contribution in [0, 0.1) is 0 Å². The largest absolute Gasteiger partial charge is 0.490 e. The van der Waals surface area contributed by atoms with Crippen LogP contribution in [0.1, 0.15) is 30.1 Å². The molecule has 2 fully saturated rings. The highest BCUT2D eigenvalue weighted by molar-refractivity contribution is 6.30. The zero-order chi connectivity index (χ0) is 24.0. The molecule has 2 aromatic rings. The summed E-state index contributed by atoms with van der Waals surface area (Å²) in [5, 5.41) is 4.84. The number of carbonyl (C=O) groups excluding carboxylic acids is 2. The van der Waals surface area contributed by atoms with E-state index in [0.717, 1.165) is 13.0 Å². The number of ether oxygens (including phenoxy) is 3. The van der Waals surface area contributed by atoms with Crippen molar-refractivity contribution < 1.29 is 23.8 Å². The van der Waals surface area contributed by atoms with Crippen LogP contribution in [0.2, 0.25) is 5.02 Å². The fraction of sp³-hybridized carbons (Fsp3) is 0.542. The highest BCUT2D eigenvalue weighted by atomic mass is 35.5. The molecule has 0 N–H and O–H groups in total. The summed E-state index contributed by atoms with van der Waals surface area (Å²) < 4.78 is 19.4. The van der Waals surface area contributed by atoms with Gasteiger partial charge in [0, 0.05) is 37.4 Å². The molecule has 0 aliphatic carbocycles. The molecule has 1 atom stereocenters. The van der Waals surface area contributed by atoms with Crippen LogP contribution in [-0.4, -0.2) is 89.6 Å². The maximum Gasteiger partial charge on any atom is 0.257 e. The first-order valence-corrected chi connectivity index (χ1v) is 12.1. The van der Waals surface area contributed by atoms with Gasteiger partial charge < -0.3 is 24.0 Å². The number of hydrogen-bond acceptors (Lipinski definition) is 6. The standard InChI is InChI=1S/C24H31ClN4O5/c1-2-6-29-16-19(15-26-29)23(31)28-9-12-34-24(17-28,14-22(30)27-7-10-32-11-8-27)18-33-21-5-3-4-20(25)13-21/h3-5,13,15-16H,2,6-12,14,17-18H2,1H3/t24-/m1/s1. The van der Waals surface area contributed by atoms with E-state index in [1.165, 1.54) is 0 Å². The number of aromatic nitrogens is 2. The van der Waals surface area contributed by atoms with Crippen molar-refractivity contribution in [2.24, 2.45) is 0 Å². The van der Waals surface area contributed by atoms with Gasteiger partial charge in [0.05, 0.1) is 44.5 Å². The molecule has 2 saturated heterocycles. The van der Waals surface area contributed by atoms with E-state index < -0.39 is 5.60 Å². The van der Waals surface area contributed by atoms with Crippen LogP contribution >= 0.6 is 11.6 Å². The number of benzene rings is 1. The Hall–Kier alpha value is -2.62. The molecular formula is C24H31ClN4O5. The van der Waals surface area contributed by atoms with Crippen molar-refractivity contribution in [3.8, 4) is 5.75 Å². The van der Waals surface area contributed by atoms with Gasteiger partial charge in [-0.1, -0.05) is 24.6 Å². The van der Waals surface area contributed by atoms with Crippen LogP contribution in [0.5, 0.6) is 5.75 Å². The summed E-state index contributed by atoms with van der Waals surface area (Å²) in [6.07, 6.45) is 4.40. The van der Waals surface area contributed by atoms with E-state index in [1.54, 1.807) is 51.1 Å². The monoisotopic (exact) mass is 490 g/mol. The number of morpholine rings is 2. The third-order valence-electron chi connectivity index (χ3n) is 6.00. The molecule has 10 heteroatoms. The minimum atomic E-state index is -0.981. The second-order valence-electron chi connectivity index (χ2n) is 8.67. The van der Waals surface area contributed by atoms with E-state index in [2.05, 4.69) is 12.0 Å². The molecule has 0 bridgehead atoms. The van der Waals surface area contributed by atoms with Gasteiger partial charge in [0.2, 0.25) is 5.91 Å². The molecule has 2 aliphatic heterocycles. The lowest BCUT2D eigenvalue weighted by Gasteiger charge is -2.43. The number of aryl methyl sites for hydroxylation is 1. The molecule has 3 heterocycles. The van der Waals surface area contributed by atoms with Gasteiger partial charge in [-0.3, -0.25) is 14.3 Å². The Kier molecular flexibility index (Phi) is 8.07. The second-order valence-corrected chi connectivity index (χ2v) is 9.10. The van der Waals surface area contributed by atoms with Crippen LogP contribution < -0.4 is 4.74 Å². The summed E-state index contributed by atoms with van der Waals surface area (Å²) in [4.78, 5) is 29.9. The minimum absolute atomic E-state index is 0.0388. The summed E-state index contributed by atoms with van der Waals surface area (Å²) in [6, 6.07) is 7.08. The normalized spacial score (nSPS) is 20.9. The molecule has 184 valence electrons. The van der Waals surface area contributed by atoms with Crippen LogP contribution in [0.4, 0.5) is 0 Å². The van der Waals surface area contributed by atoms with E-state index in [1.807, 2.05) is 0 Å². The van der Waals surface area contributed by atoms with Crippen molar-refractivity contribution in [3.63, 3.8) is 0 Å². The Morgan fingerprint density at radius 2 is 1.97 bits per heavy atom. The Morgan fingerprint density at radius 3 is 2.74 bits per heavy atom. The van der Waals surface area contributed by atoms with Crippen molar-refractivity contribution in [2.45, 2.75) is 31.9 Å². The van der Waals surface area contributed by atoms with Crippen molar-refractivity contribution in [1.82, 2.24) is 19.6 Å². The van der Waals surface area contributed by atoms with Gasteiger partial charge in [-0.2, -0.15) is 5.10 Å². The molecule has 1 aromatic carbocycles. The fourth-order valence-corrected chi connectivity index (χ4v) is 4.42. The van der Waals surface area contributed by atoms with Crippen LogP contribution in [0.3, 0.4) is 0 Å². The van der Waals surface area contributed by atoms with Crippen LogP contribution in [0.15, 0.2) is 36.7 Å². The van der Waals surface area contributed by atoms with E-state index in [4.69, 9.17) is 25.8 Å². The van der Waals surface area contributed by atoms with Crippen molar-refractivity contribution in [3.05, 3.63) is 47.2 Å². The van der Waals surface area contributed by atoms with Crippen LogP contribution in [-0.2, 0) is 20.8 Å². The highest BCUT2D eigenvalue weighted by Gasteiger charge is 2.42. The number of rotatable bonds is 8. The Bertz CT molecular complexity index is 993. The topological polar surface area (TPSA) is 86.1 Å². The van der Waals surface area contributed by atoms with Gasteiger partial charge in [0.25, 0.3) is 5.91 Å². The number of halogens is 1. The molecule has 1 aromatic heterocycles. The summed E-state index contributed by atoms with van der Waals surface area (Å²) in [7, 11) is 0.